The molecule has 3 atom stereocenters. The fourth-order valence-corrected chi connectivity index (χ4v) is 6.57. The summed E-state index contributed by atoms with van der Waals surface area (Å²) in [7, 11) is 0. The molecule has 0 bridgehead atoms. The SMILES string of the molecule is CCCCCCCCCCC/C=C\CCCCCCCC(=O)NC(CO)C(O)C(O)CCCCCCCCCCCCCCCCC. The maximum Gasteiger partial charge on any atom is 0.220 e. The number of rotatable bonds is 38. The van der Waals surface area contributed by atoms with Gasteiger partial charge in [0, 0.05) is 6.42 Å². The van der Waals surface area contributed by atoms with Crippen LogP contribution in [0.4, 0.5) is 0 Å². The number of aliphatic hydroxyl groups is 3. The molecule has 1 amide bonds. The molecule has 0 aliphatic rings. The van der Waals surface area contributed by atoms with Gasteiger partial charge < -0.3 is 20.6 Å². The molecule has 0 radical (unpaired) electrons. The Kier molecular flexibility index (Phi) is 37.2. The van der Waals surface area contributed by atoms with Crippen LogP contribution in [0, 0.1) is 0 Å². The molecule has 0 aromatic heterocycles. The molecular formula is C42H83NO4. The molecule has 0 saturated carbocycles. The highest BCUT2D eigenvalue weighted by Gasteiger charge is 2.26. The molecule has 4 N–H and O–H groups in total. The second-order valence-electron chi connectivity index (χ2n) is 14.5. The minimum atomic E-state index is -1.14. The number of nitrogens with one attached hydrogen (secondary N) is 1. The van der Waals surface area contributed by atoms with E-state index in [4.69, 9.17) is 0 Å². The second kappa shape index (κ2) is 37.9. The number of hydrogen-bond acceptors (Lipinski definition) is 4. The van der Waals surface area contributed by atoms with E-state index in [9.17, 15) is 20.1 Å². The Hall–Kier alpha value is -0.910. The molecule has 0 aromatic carbocycles. The molecule has 0 saturated heterocycles. The summed E-state index contributed by atoms with van der Waals surface area (Å²) in [6.45, 7) is 4.18. The lowest BCUT2D eigenvalue weighted by molar-refractivity contribution is -0.124. The average Bonchev–Trinajstić information content (AvgIpc) is 3.07. The molecule has 0 aliphatic heterocycles. The van der Waals surface area contributed by atoms with Crippen LogP contribution in [0.1, 0.15) is 226 Å². The Balaban J connectivity index is 3.64. The molecule has 5 nitrogen and oxygen atoms in total. The number of aliphatic hydroxyl groups excluding tert-OH is 3. The van der Waals surface area contributed by atoms with Crippen molar-refractivity contribution >= 4 is 5.91 Å². The fourth-order valence-electron chi connectivity index (χ4n) is 6.57. The summed E-state index contributed by atoms with van der Waals surface area (Å²) in [6, 6.07) is -0.809. The Morgan fingerprint density at radius 2 is 0.851 bits per heavy atom. The van der Waals surface area contributed by atoms with Gasteiger partial charge in [0.25, 0.3) is 0 Å². The summed E-state index contributed by atoms with van der Waals surface area (Å²) in [4.78, 5) is 12.4. The summed E-state index contributed by atoms with van der Waals surface area (Å²) in [5.74, 6) is -0.151. The first-order chi connectivity index (χ1) is 23.1. The monoisotopic (exact) mass is 666 g/mol. The third-order valence-corrected chi connectivity index (χ3v) is 9.87. The van der Waals surface area contributed by atoms with Gasteiger partial charge in [-0.05, 0) is 38.5 Å². The van der Waals surface area contributed by atoms with Gasteiger partial charge in [-0.1, -0.05) is 193 Å². The number of hydrogen-bond donors (Lipinski definition) is 4. The van der Waals surface area contributed by atoms with Crippen LogP contribution in [0.15, 0.2) is 12.2 Å². The normalized spacial score (nSPS) is 13.7. The van der Waals surface area contributed by atoms with Crippen molar-refractivity contribution in [3.63, 3.8) is 0 Å². The van der Waals surface area contributed by atoms with Crippen molar-refractivity contribution in [1.29, 1.82) is 0 Å². The highest BCUT2D eigenvalue weighted by Crippen LogP contribution is 2.16. The Bertz CT molecular complexity index is 655. The van der Waals surface area contributed by atoms with Crippen molar-refractivity contribution < 1.29 is 20.1 Å². The van der Waals surface area contributed by atoms with Gasteiger partial charge in [0.1, 0.15) is 6.10 Å². The third-order valence-electron chi connectivity index (χ3n) is 9.87. The number of allylic oxidation sites excluding steroid dienone is 2. The molecule has 3 unspecified atom stereocenters. The first kappa shape index (κ1) is 46.1. The summed E-state index contributed by atoms with van der Waals surface area (Å²) in [6.07, 6.45) is 43.1. The number of unbranched alkanes of at least 4 members (excludes halogenated alkanes) is 28. The molecule has 0 aromatic rings. The zero-order valence-electron chi connectivity index (χ0n) is 31.7. The Morgan fingerprint density at radius 3 is 1.23 bits per heavy atom. The summed E-state index contributed by atoms with van der Waals surface area (Å²) in [5.41, 5.74) is 0. The standard InChI is InChI=1S/C42H83NO4/c1-3-5-7-9-11-13-15-17-19-20-21-23-25-27-29-31-33-35-37-41(46)43-39(38-44)42(47)40(45)36-34-32-30-28-26-24-22-18-16-14-12-10-8-6-4-2/h21,23,39-40,42,44-45,47H,3-20,22,24-38H2,1-2H3,(H,43,46)/b23-21-. The van der Waals surface area contributed by atoms with Gasteiger partial charge in [0.15, 0.2) is 0 Å². The molecule has 0 spiro atoms. The molecule has 0 aliphatic carbocycles. The van der Waals surface area contributed by atoms with E-state index in [1.54, 1.807) is 0 Å². The van der Waals surface area contributed by atoms with Crippen LogP contribution in [0.5, 0.6) is 0 Å². The average molecular weight is 666 g/mol. The molecule has 280 valence electrons. The summed E-state index contributed by atoms with van der Waals surface area (Å²) in [5, 5.41) is 33.5. The molecular weight excluding hydrogens is 582 g/mol. The van der Waals surface area contributed by atoms with E-state index >= 15 is 0 Å². The lowest BCUT2D eigenvalue weighted by Crippen LogP contribution is -2.50. The second-order valence-corrected chi connectivity index (χ2v) is 14.5. The molecule has 5 heteroatoms. The van der Waals surface area contributed by atoms with Gasteiger partial charge in [0.2, 0.25) is 5.91 Å². The largest absolute Gasteiger partial charge is 0.394 e. The maximum atomic E-state index is 12.4. The van der Waals surface area contributed by atoms with Crippen LogP contribution in [-0.4, -0.2) is 46.1 Å². The predicted molar refractivity (Wildman–Crippen MR) is 204 cm³/mol. The van der Waals surface area contributed by atoms with E-state index in [0.29, 0.717) is 12.8 Å². The topological polar surface area (TPSA) is 89.8 Å². The number of carbonyl (C=O) groups is 1. The van der Waals surface area contributed by atoms with Gasteiger partial charge in [-0.3, -0.25) is 4.79 Å². The quantitative estimate of drug-likeness (QED) is 0.0390. The third kappa shape index (κ3) is 33.4. The van der Waals surface area contributed by atoms with Crippen molar-refractivity contribution in [2.75, 3.05) is 6.61 Å². The summed E-state index contributed by atoms with van der Waals surface area (Å²) < 4.78 is 0. The summed E-state index contributed by atoms with van der Waals surface area (Å²) >= 11 is 0. The van der Waals surface area contributed by atoms with Crippen LogP contribution in [-0.2, 0) is 4.79 Å². The van der Waals surface area contributed by atoms with Gasteiger partial charge in [0.05, 0.1) is 18.8 Å². The van der Waals surface area contributed by atoms with Crippen molar-refractivity contribution in [2.45, 2.75) is 244 Å². The van der Waals surface area contributed by atoms with Crippen LogP contribution >= 0.6 is 0 Å². The van der Waals surface area contributed by atoms with E-state index in [0.717, 1.165) is 44.9 Å². The lowest BCUT2D eigenvalue weighted by Gasteiger charge is -2.26. The van der Waals surface area contributed by atoms with Crippen LogP contribution in [0.3, 0.4) is 0 Å². The number of carbonyl (C=O) groups excluding carboxylic acids is 1. The maximum absolute atomic E-state index is 12.4. The van der Waals surface area contributed by atoms with E-state index in [1.165, 1.54) is 154 Å². The van der Waals surface area contributed by atoms with Gasteiger partial charge in [-0.2, -0.15) is 0 Å². The molecule has 0 fully saturated rings. The molecule has 0 heterocycles. The highest BCUT2D eigenvalue weighted by molar-refractivity contribution is 5.76. The first-order valence-electron chi connectivity index (χ1n) is 21.0. The Morgan fingerprint density at radius 1 is 0.511 bits per heavy atom. The zero-order valence-corrected chi connectivity index (χ0v) is 31.7. The predicted octanol–water partition coefficient (Wildman–Crippen LogP) is 11.7. The minimum absolute atomic E-state index is 0.151. The van der Waals surface area contributed by atoms with E-state index in [1.807, 2.05) is 0 Å². The minimum Gasteiger partial charge on any atom is -0.394 e. The van der Waals surface area contributed by atoms with Crippen molar-refractivity contribution in [3.05, 3.63) is 12.2 Å². The Labute approximate surface area is 293 Å². The van der Waals surface area contributed by atoms with Crippen LogP contribution in [0.2, 0.25) is 0 Å². The lowest BCUT2D eigenvalue weighted by atomic mass is 9.99. The smallest absolute Gasteiger partial charge is 0.220 e. The molecule has 47 heavy (non-hydrogen) atoms. The fraction of sp³-hybridized carbons (Fsp3) is 0.929. The van der Waals surface area contributed by atoms with E-state index in [-0.39, 0.29) is 12.5 Å². The molecule has 0 rings (SSSR count). The van der Waals surface area contributed by atoms with Gasteiger partial charge in [-0.25, -0.2) is 0 Å². The van der Waals surface area contributed by atoms with Gasteiger partial charge >= 0.3 is 0 Å². The van der Waals surface area contributed by atoms with Crippen LogP contribution in [0.25, 0.3) is 0 Å². The number of amides is 1. The highest BCUT2D eigenvalue weighted by atomic mass is 16.3. The van der Waals surface area contributed by atoms with Crippen molar-refractivity contribution in [2.24, 2.45) is 0 Å². The van der Waals surface area contributed by atoms with Crippen LogP contribution < -0.4 is 5.32 Å². The van der Waals surface area contributed by atoms with Gasteiger partial charge in [-0.15, -0.1) is 0 Å². The van der Waals surface area contributed by atoms with Crippen molar-refractivity contribution in [3.8, 4) is 0 Å². The first-order valence-corrected chi connectivity index (χ1v) is 21.0. The van der Waals surface area contributed by atoms with E-state index < -0.39 is 18.2 Å². The van der Waals surface area contributed by atoms with Crippen molar-refractivity contribution in [1.82, 2.24) is 5.32 Å². The van der Waals surface area contributed by atoms with E-state index in [2.05, 4.69) is 31.3 Å². The zero-order chi connectivity index (χ0) is 34.5.